The highest BCUT2D eigenvalue weighted by Crippen LogP contribution is 2.25. The highest BCUT2D eigenvalue weighted by atomic mass is 16.2. The lowest BCUT2D eigenvalue weighted by molar-refractivity contribution is 0.0593. The molecular formula is C15H20N2O. The molecule has 1 N–H and O–H groups in total. The molecule has 2 aliphatic heterocycles. The second-order valence-electron chi connectivity index (χ2n) is 5.37. The molecule has 3 heteroatoms. The number of hydrogen-bond acceptors (Lipinski definition) is 2. The number of carbonyl (C=O) groups excluding carboxylic acids is 1. The van der Waals surface area contributed by atoms with E-state index >= 15 is 0 Å². The van der Waals surface area contributed by atoms with Gasteiger partial charge >= 0.3 is 0 Å². The van der Waals surface area contributed by atoms with Crippen molar-refractivity contribution in [2.45, 2.75) is 25.3 Å². The van der Waals surface area contributed by atoms with Gasteiger partial charge in [0.15, 0.2) is 0 Å². The molecule has 0 aromatic heterocycles. The minimum atomic E-state index is 0.194. The third kappa shape index (κ3) is 2.27. The van der Waals surface area contributed by atoms with Gasteiger partial charge < -0.3 is 10.2 Å². The fourth-order valence-electron chi connectivity index (χ4n) is 3.19. The number of nitrogens with zero attached hydrogens (tertiary/aromatic N) is 1. The van der Waals surface area contributed by atoms with Gasteiger partial charge in [-0.1, -0.05) is 18.2 Å². The summed E-state index contributed by atoms with van der Waals surface area (Å²) >= 11 is 0. The molecule has 1 amide bonds. The van der Waals surface area contributed by atoms with Gasteiger partial charge in [0.1, 0.15) is 0 Å². The first-order valence-corrected chi connectivity index (χ1v) is 6.92. The Hall–Kier alpha value is -1.35. The van der Waals surface area contributed by atoms with Crippen molar-refractivity contribution in [3.8, 4) is 0 Å². The van der Waals surface area contributed by atoms with E-state index in [1.54, 1.807) is 0 Å². The second-order valence-corrected chi connectivity index (χ2v) is 5.37. The van der Waals surface area contributed by atoms with Gasteiger partial charge in [0, 0.05) is 24.7 Å². The predicted molar refractivity (Wildman–Crippen MR) is 71.5 cm³/mol. The molecule has 3 nitrogen and oxygen atoms in total. The Kier molecular flexibility index (Phi) is 3.33. The van der Waals surface area contributed by atoms with Crippen LogP contribution in [0.3, 0.4) is 0 Å². The summed E-state index contributed by atoms with van der Waals surface area (Å²) in [7, 11) is 0. The molecule has 2 aliphatic rings. The van der Waals surface area contributed by atoms with Crippen LogP contribution in [0.4, 0.5) is 0 Å². The second kappa shape index (κ2) is 5.11. The highest BCUT2D eigenvalue weighted by Gasteiger charge is 2.32. The van der Waals surface area contributed by atoms with Crippen molar-refractivity contribution in [3.05, 3.63) is 35.9 Å². The van der Waals surface area contributed by atoms with Gasteiger partial charge in [-0.2, -0.15) is 0 Å². The van der Waals surface area contributed by atoms with E-state index in [4.69, 9.17) is 0 Å². The van der Waals surface area contributed by atoms with Crippen LogP contribution in [0.2, 0.25) is 0 Å². The lowest BCUT2D eigenvalue weighted by Gasteiger charge is -2.41. The fourth-order valence-corrected chi connectivity index (χ4v) is 3.19. The zero-order valence-corrected chi connectivity index (χ0v) is 10.6. The largest absolute Gasteiger partial charge is 0.338 e. The Morgan fingerprint density at radius 3 is 2.89 bits per heavy atom. The summed E-state index contributed by atoms with van der Waals surface area (Å²) < 4.78 is 0. The van der Waals surface area contributed by atoms with Crippen LogP contribution in [0.5, 0.6) is 0 Å². The van der Waals surface area contributed by atoms with E-state index in [0.717, 1.165) is 31.6 Å². The summed E-state index contributed by atoms with van der Waals surface area (Å²) in [6.07, 6.45) is 3.61. The van der Waals surface area contributed by atoms with Crippen LogP contribution < -0.4 is 5.32 Å². The topological polar surface area (TPSA) is 32.3 Å². The lowest BCUT2D eigenvalue weighted by atomic mass is 9.85. The van der Waals surface area contributed by atoms with Crippen molar-refractivity contribution in [2.75, 3.05) is 19.6 Å². The molecule has 0 radical (unpaired) electrons. The molecule has 18 heavy (non-hydrogen) atoms. The molecule has 0 aliphatic carbocycles. The molecular weight excluding hydrogens is 224 g/mol. The summed E-state index contributed by atoms with van der Waals surface area (Å²) in [5.74, 6) is 0.847. The van der Waals surface area contributed by atoms with Crippen LogP contribution in [0.25, 0.3) is 0 Å². The SMILES string of the molecule is O=C(c1ccccc1)N1CC[C@@H]2NCCC[C@@H]2C1. The number of likely N-dealkylation sites (tertiary alicyclic amines) is 1. The van der Waals surface area contributed by atoms with Gasteiger partial charge in [-0.25, -0.2) is 0 Å². The van der Waals surface area contributed by atoms with E-state index in [2.05, 4.69) is 5.32 Å². The maximum atomic E-state index is 12.4. The fraction of sp³-hybridized carbons (Fsp3) is 0.533. The summed E-state index contributed by atoms with van der Waals surface area (Å²) in [4.78, 5) is 14.4. The zero-order chi connectivity index (χ0) is 12.4. The van der Waals surface area contributed by atoms with Crippen LogP contribution in [-0.4, -0.2) is 36.5 Å². The minimum Gasteiger partial charge on any atom is -0.338 e. The number of hydrogen-bond donors (Lipinski definition) is 1. The standard InChI is InChI=1S/C15H20N2O/c18-15(12-5-2-1-3-6-12)17-10-8-14-13(11-17)7-4-9-16-14/h1-3,5-6,13-14,16H,4,7-11H2/t13-,14+/m1/s1. The number of amides is 1. The number of nitrogens with one attached hydrogen (secondary N) is 1. The lowest BCUT2D eigenvalue weighted by Crippen LogP contribution is -2.53. The molecule has 2 fully saturated rings. The van der Waals surface area contributed by atoms with Crippen LogP contribution >= 0.6 is 0 Å². The molecule has 2 saturated heterocycles. The average molecular weight is 244 g/mol. The van der Waals surface area contributed by atoms with Crippen LogP contribution in [0.1, 0.15) is 29.6 Å². The van der Waals surface area contributed by atoms with Crippen molar-refractivity contribution in [2.24, 2.45) is 5.92 Å². The van der Waals surface area contributed by atoms with Crippen molar-refractivity contribution in [3.63, 3.8) is 0 Å². The van der Waals surface area contributed by atoms with E-state index < -0.39 is 0 Å². The van der Waals surface area contributed by atoms with Gasteiger partial charge in [-0.15, -0.1) is 0 Å². The molecule has 2 atom stereocenters. The van der Waals surface area contributed by atoms with E-state index in [9.17, 15) is 4.79 Å². The maximum absolute atomic E-state index is 12.4. The van der Waals surface area contributed by atoms with Crippen LogP contribution in [0, 0.1) is 5.92 Å². The highest BCUT2D eigenvalue weighted by molar-refractivity contribution is 5.94. The number of piperidine rings is 2. The van der Waals surface area contributed by atoms with E-state index in [-0.39, 0.29) is 5.91 Å². The molecule has 3 rings (SSSR count). The zero-order valence-electron chi connectivity index (χ0n) is 10.6. The van der Waals surface area contributed by atoms with E-state index in [1.807, 2.05) is 35.2 Å². The first kappa shape index (κ1) is 11.7. The first-order chi connectivity index (χ1) is 8.84. The molecule has 0 bridgehead atoms. The normalized spacial score (nSPS) is 27.7. The van der Waals surface area contributed by atoms with Gasteiger partial charge in [0.2, 0.25) is 0 Å². The Morgan fingerprint density at radius 2 is 2.06 bits per heavy atom. The number of benzene rings is 1. The third-order valence-electron chi connectivity index (χ3n) is 4.20. The molecule has 0 spiro atoms. The number of fused-ring (bicyclic) bond motifs is 1. The van der Waals surface area contributed by atoms with E-state index in [0.29, 0.717) is 12.0 Å². The molecule has 2 heterocycles. The van der Waals surface area contributed by atoms with Gasteiger partial charge in [-0.05, 0) is 43.9 Å². The van der Waals surface area contributed by atoms with Gasteiger partial charge in [0.25, 0.3) is 5.91 Å². The predicted octanol–water partition coefficient (Wildman–Crippen LogP) is 1.90. The van der Waals surface area contributed by atoms with Crippen molar-refractivity contribution >= 4 is 5.91 Å². The monoisotopic (exact) mass is 244 g/mol. The summed E-state index contributed by atoms with van der Waals surface area (Å²) in [6.45, 7) is 2.96. The molecule has 1 aromatic rings. The minimum absolute atomic E-state index is 0.194. The Labute approximate surface area is 108 Å². The average Bonchev–Trinajstić information content (AvgIpc) is 2.47. The van der Waals surface area contributed by atoms with Crippen LogP contribution in [0.15, 0.2) is 30.3 Å². The first-order valence-electron chi connectivity index (χ1n) is 6.92. The van der Waals surface area contributed by atoms with E-state index in [1.165, 1.54) is 12.8 Å². The van der Waals surface area contributed by atoms with Crippen LogP contribution in [-0.2, 0) is 0 Å². The number of rotatable bonds is 1. The Balaban J connectivity index is 1.69. The molecule has 1 aromatic carbocycles. The molecule has 96 valence electrons. The van der Waals surface area contributed by atoms with Crippen molar-refractivity contribution < 1.29 is 4.79 Å². The van der Waals surface area contributed by atoms with Gasteiger partial charge in [-0.3, -0.25) is 4.79 Å². The summed E-state index contributed by atoms with van der Waals surface area (Å²) in [5, 5.41) is 3.58. The molecule has 0 unspecified atom stereocenters. The van der Waals surface area contributed by atoms with Crippen molar-refractivity contribution in [1.29, 1.82) is 0 Å². The maximum Gasteiger partial charge on any atom is 0.253 e. The Morgan fingerprint density at radius 1 is 1.22 bits per heavy atom. The summed E-state index contributed by atoms with van der Waals surface area (Å²) in [6, 6.07) is 10.3. The molecule has 0 saturated carbocycles. The quantitative estimate of drug-likeness (QED) is 0.818. The smallest absolute Gasteiger partial charge is 0.253 e. The van der Waals surface area contributed by atoms with Gasteiger partial charge in [0.05, 0.1) is 0 Å². The van der Waals surface area contributed by atoms with Crippen molar-refractivity contribution in [1.82, 2.24) is 10.2 Å². The summed E-state index contributed by atoms with van der Waals surface area (Å²) in [5.41, 5.74) is 0.819. The number of carbonyl (C=O) groups is 1. The Bertz CT molecular complexity index is 418. The third-order valence-corrected chi connectivity index (χ3v) is 4.20.